The molecule has 1 heterocycles. The van der Waals surface area contributed by atoms with Crippen LogP contribution in [-0.2, 0) is 9.59 Å². The fourth-order valence-electron chi connectivity index (χ4n) is 3.09. The van der Waals surface area contributed by atoms with Gasteiger partial charge in [0.2, 0.25) is 11.8 Å². The Morgan fingerprint density at radius 2 is 1.86 bits per heavy atom. The summed E-state index contributed by atoms with van der Waals surface area (Å²) in [5, 5.41) is 3.03. The third-order valence-electron chi connectivity index (χ3n) is 4.27. The normalized spacial score (nSPS) is 23.5. The summed E-state index contributed by atoms with van der Waals surface area (Å²) in [6, 6.07) is 9.74. The number of benzene rings is 1. The Labute approximate surface area is 132 Å². The van der Waals surface area contributed by atoms with Crippen molar-refractivity contribution in [1.29, 1.82) is 0 Å². The maximum absolute atomic E-state index is 12.8. The Hall–Kier alpha value is -1.84. The number of nitrogens with zero attached hydrogens (tertiary/aromatic N) is 1. The number of carbonyl (C=O) groups excluding carboxylic acids is 2. The van der Waals surface area contributed by atoms with E-state index < -0.39 is 5.54 Å². The van der Waals surface area contributed by atoms with E-state index in [4.69, 9.17) is 0 Å². The standard InChI is InChI=1S/C18H26N2O2/c1-13(14-9-7-6-8-10-14)20-15(21)11-12-18(20,5)16(22)19-17(2,3)4/h6-10,13H,11-12H2,1-5H3,(H,19,22)/t13-,18?/m0/s1. The molecule has 1 fully saturated rings. The molecule has 0 aromatic heterocycles. The first kappa shape index (κ1) is 16.5. The lowest BCUT2D eigenvalue weighted by atomic mass is 9.93. The molecule has 0 radical (unpaired) electrons. The van der Waals surface area contributed by atoms with Crippen LogP contribution < -0.4 is 5.32 Å². The maximum atomic E-state index is 12.8. The van der Waals surface area contributed by atoms with Crippen molar-refractivity contribution in [3.05, 3.63) is 35.9 Å². The highest BCUT2D eigenvalue weighted by atomic mass is 16.2. The van der Waals surface area contributed by atoms with Crippen LogP contribution in [0.4, 0.5) is 0 Å². The van der Waals surface area contributed by atoms with Crippen LogP contribution in [0.2, 0.25) is 0 Å². The monoisotopic (exact) mass is 302 g/mol. The molecule has 22 heavy (non-hydrogen) atoms. The van der Waals surface area contributed by atoms with Gasteiger partial charge >= 0.3 is 0 Å². The van der Waals surface area contributed by atoms with Gasteiger partial charge in [0.1, 0.15) is 5.54 Å². The summed E-state index contributed by atoms with van der Waals surface area (Å²) < 4.78 is 0. The Kier molecular flexibility index (Phi) is 4.32. The number of rotatable bonds is 3. The zero-order valence-electron chi connectivity index (χ0n) is 14.1. The predicted octanol–water partition coefficient (Wildman–Crippen LogP) is 3.04. The molecule has 1 N–H and O–H groups in total. The Morgan fingerprint density at radius 1 is 1.27 bits per heavy atom. The van der Waals surface area contributed by atoms with Crippen molar-refractivity contribution in [2.45, 2.75) is 64.6 Å². The van der Waals surface area contributed by atoms with E-state index in [9.17, 15) is 9.59 Å². The molecule has 2 rings (SSSR count). The molecule has 0 bridgehead atoms. The Balaban J connectivity index is 2.31. The molecule has 2 atom stereocenters. The molecular formula is C18H26N2O2. The highest BCUT2D eigenvalue weighted by molar-refractivity contribution is 5.94. The molecule has 4 nitrogen and oxygen atoms in total. The molecule has 1 aliphatic heterocycles. The van der Waals surface area contributed by atoms with Crippen molar-refractivity contribution in [2.75, 3.05) is 0 Å². The van der Waals surface area contributed by atoms with Gasteiger partial charge in [-0.1, -0.05) is 30.3 Å². The van der Waals surface area contributed by atoms with Gasteiger partial charge in [-0.3, -0.25) is 9.59 Å². The molecule has 2 amide bonds. The van der Waals surface area contributed by atoms with E-state index in [1.165, 1.54) is 0 Å². The van der Waals surface area contributed by atoms with Gasteiger partial charge in [-0.05, 0) is 46.6 Å². The van der Waals surface area contributed by atoms with Crippen LogP contribution in [0.1, 0.15) is 59.1 Å². The first-order valence-electron chi connectivity index (χ1n) is 7.85. The van der Waals surface area contributed by atoms with Crippen LogP contribution in [0.15, 0.2) is 30.3 Å². The fourth-order valence-corrected chi connectivity index (χ4v) is 3.09. The maximum Gasteiger partial charge on any atom is 0.246 e. The van der Waals surface area contributed by atoms with Crippen LogP contribution >= 0.6 is 0 Å². The van der Waals surface area contributed by atoms with E-state index in [2.05, 4.69) is 5.32 Å². The van der Waals surface area contributed by atoms with E-state index in [0.717, 1.165) is 5.56 Å². The van der Waals surface area contributed by atoms with E-state index in [1.807, 2.05) is 65.0 Å². The third kappa shape index (κ3) is 3.16. The second-order valence-corrected chi connectivity index (χ2v) is 7.33. The first-order valence-corrected chi connectivity index (χ1v) is 7.85. The minimum Gasteiger partial charge on any atom is -0.349 e. The molecule has 0 aliphatic carbocycles. The molecule has 1 aromatic carbocycles. The second kappa shape index (κ2) is 5.75. The van der Waals surface area contributed by atoms with Crippen molar-refractivity contribution >= 4 is 11.8 Å². The number of nitrogens with one attached hydrogen (secondary N) is 1. The fraction of sp³-hybridized carbons (Fsp3) is 0.556. The predicted molar refractivity (Wildman–Crippen MR) is 87.2 cm³/mol. The summed E-state index contributed by atoms with van der Waals surface area (Å²) in [6.07, 6.45) is 0.982. The summed E-state index contributed by atoms with van der Waals surface area (Å²) in [7, 11) is 0. The van der Waals surface area contributed by atoms with Crippen molar-refractivity contribution in [2.24, 2.45) is 0 Å². The van der Waals surface area contributed by atoms with E-state index in [1.54, 1.807) is 4.90 Å². The van der Waals surface area contributed by atoms with E-state index in [-0.39, 0.29) is 23.4 Å². The highest BCUT2D eigenvalue weighted by Gasteiger charge is 2.50. The van der Waals surface area contributed by atoms with Crippen molar-refractivity contribution in [3.63, 3.8) is 0 Å². The van der Waals surface area contributed by atoms with Gasteiger partial charge < -0.3 is 10.2 Å². The molecule has 1 saturated heterocycles. The quantitative estimate of drug-likeness (QED) is 0.933. The molecule has 4 heteroatoms. The minimum absolute atomic E-state index is 0.0444. The average Bonchev–Trinajstić information content (AvgIpc) is 2.74. The molecule has 120 valence electrons. The van der Waals surface area contributed by atoms with Crippen LogP contribution in [0, 0.1) is 0 Å². The summed E-state index contributed by atoms with van der Waals surface area (Å²) >= 11 is 0. The molecule has 1 aromatic rings. The zero-order chi connectivity index (χ0) is 16.5. The molecular weight excluding hydrogens is 276 g/mol. The molecule has 0 spiro atoms. The van der Waals surface area contributed by atoms with Crippen LogP contribution in [0.25, 0.3) is 0 Å². The van der Waals surface area contributed by atoms with Crippen LogP contribution in [-0.4, -0.2) is 27.8 Å². The Morgan fingerprint density at radius 3 is 2.41 bits per heavy atom. The van der Waals surface area contributed by atoms with Gasteiger partial charge in [-0.2, -0.15) is 0 Å². The van der Waals surface area contributed by atoms with Gasteiger partial charge in [0.05, 0.1) is 6.04 Å². The lowest BCUT2D eigenvalue weighted by molar-refractivity contribution is -0.144. The van der Waals surface area contributed by atoms with Crippen LogP contribution in [0.3, 0.4) is 0 Å². The number of hydrogen-bond donors (Lipinski definition) is 1. The van der Waals surface area contributed by atoms with Crippen molar-refractivity contribution < 1.29 is 9.59 Å². The van der Waals surface area contributed by atoms with Crippen molar-refractivity contribution in [1.82, 2.24) is 10.2 Å². The Bertz CT molecular complexity index is 562. The number of amides is 2. The highest BCUT2D eigenvalue weighted by Crippen LogP contribution is 2.38. The van der Waals surface area contributed by atoms with Gasteiger partial charge in [0.15, 0.2) is 0 Å². The van der Waals surface area contributed by atoms with Crippen molar-refractivity contribution in [3.8, 4) is 0 Å². The van der Waals surface area contributed by atoms with Gasteiger partial charge in [-0.15, -0.1) is 0 Å². The number of carbonyl (C=O) groups is 2. The molecule has 1 unspecified atom stereocenters. The summed E-state index contributed by atoms with van der Waals surface area (Å²) in [4.78, 5) is 26.9. The average molecular weight is 302 g/mol. The minimum atomic E-state index is -0.792. The summed E-state index contributed by atoms with van der Waals surface area (Å²) in [6.45, 7) is 9.72. The topological polar surface area (TPSA) is 49.4 Å². The van der Waals surface area contributed by atoms with Gasteiger partial charge in [-0.25, -0.2) is 0 Å². The SMILES string of the molecule is C[C@@H](c1ccccc1)N1C(=O)CCC1(C)C(=O)NC(C)(C)C. The van der Waals surface area contributed by atoms with Gasteiger partial charge in [0.25, 0.3) is 0 Å². The summed E-state index contributed by atoms with van der Waals surface area (Å²) in [5.41, 5.74) is -0.0555. The number of hydrogen-bond acceptors (Lipinski definition) is 2. The lowest BCUT2D eigenvalue weighted by Crippen LogP contribution is -2.58. The summed E-state index contributed by atoms with van der Waals surface area (Å²) in [5.74, 6) is -0.0310. The van der Waals surface area contributed by atoms with Crippen LogP contribution in [0.5, 0.6) is 0 Å². The van der Waals surface area contributed by atoms with E-state index in [0.29, 0.717) is 12.8 Å². The van der Waals surface area contributed by atoms with E-state index >= 15 is 0 Å². The lowest BCUT2D eigenvalue weighted by Gasteiger charge is -2.40. The van der Waals surface area contributed by atoms with Gasteiger partial charge in [0, 0.05) is 12.0 Å². The molecule has 0 saturated carbocycles. The zero-order valence-corrected chi connectivity index (χ0v) is 14.1. The number of likely N-dealkylation sites (tertiary alicyclic amines) is 1. The first-order chi connectivity index (χ1) is 10.1. The third-order valence-corrected chi connectivity index (χ3v) is 4.27. The smallest absolute Gasteiger partial charge is 0.246 e. The largest absolute Gasteiger partial charge is 0.349 e. The second-order valence-electron chi connectivity index (χ2n) is 7.33. The molecule has 1 aliphatic rings.